The molecule has 1 N–H and O–H groups in total. The van der Waals surface area contributed by atoms with Gasteiger partial charge in [0.05, 0.1) is 23.0 Å². The third kappa shape index (κ3) is 5.39. The van der Waals surface area contributed by atoms with Crippen molar-refractivity contribution in [1.82, 2.24) is 9.78 Å². The minimum atomic E-state index is -0.519. The normalized spacial score (nSPS) is 17.2. The van der Waals surface area contributed by atoms with Crippen molar-refractivity contribution >= 4 is 11.5 Å². The summed E-state index contributed by atoms with van der Waals surface area (Å²) in [6, 6.07) is 17.0. The number of nitriles is 1. The Morgan fingerprint density at radius 1 is 1.03 bits per heavy atom. The third-order valence-electron chi connectivity index (χ3n) is 7.61. The Morgan fingerprint density at radius 3 is 2.53 bits per heavy atom. The summed E-state index contributed by atoms with van der Waals surface area (Å²) >= 11 is 0. The first-order valence-corrected chi connectivity index (χ1v) is 13.1. The van der Waals surface area contributed by atoms with Crippen LogP contribution in [0.25, 0.3) is 16.9 Å². The molecule has 0 radical (unpaired) electrons. The van der Waals surface area contributed by atoms with Gasteiger partial charge in [0.2, 0.25) is 0 Å². The molecule has 36 heavy (non-hydrogen) atoms. The van der Waals surface area contributed by atoms with Crippen molar-refractivity contribution in [3.63, 3.8) is 0 Å². The van der Waals surface area contributed by atoms with Crippen molar-refractivity contribution in [3.05, 3.63) is 59.9 Å². The zero-order valence-corrected chi connectivity index (χ0v) is 20.9. The number of hydrogen-bond donors (Lipinski definition) is 1. The molecule has 2 heterocycles. The predicted octanol–water partition coefficient (Wildman–Crippen LogP) is 6.16. The smallest absolute Gasteiger partial charge is 0.149 e. The van der Waals surface area contributed by atoms with Crippen LogP contribution in [0, 0.1) is 23.1 Å². The van der Waals surface area contributed by atoms with Crippen molar-refractivity contribution in [2.45, 2.75) is 51.0 Å². The summed E-state index contributed by atoms with van der Waals surface area (Å²) < 4.78 is 22.0. The minimum absolute atomic E-state index is 0.0434. The third-order valence-corrected chi connectivity index (χ3v) is 7.61. The molecule has 0 spiro atoms. The fraction of sp³-hybridized carbons (Fsp3) is 0.448. The van der Waals surface area contributed by atoms with Crippen molar-refractivity contribution in [1.29, 1.82) is 5.26 Å². The lowest BCUT2D eigenvalue weighted by Gasteiger charge is -2.33. The van der Waals surface area contributed by atoms with Crippen LogP contribution in [0.2, 0.25) is 0 Å². The molecular formula is C29H34FN5O. The maximum Gasteiger partial charge on any atom is 0.149 e. The summed E-state index contributed by atoms with van der Waals surface area (Å²) in [6.07, 6.45) is 8.77. The second kappa shape index (κ2) is 11.1. The van der Waals surface area contributed by atoms with Crippen LogP contribution in [-0.2, 0) is 4.74 Å². The Hall–Kier alpha value is -3.37. The van der Waals surface area contributed by atoms with Crippen molar-refractivity contribution < 1.29 is 9.13 Å². The van der Waals surface area contributed by atoms with Crippen LogP contribution in [0.4, 0.5) is 15.9 Å². The van der Waals surface area contributed by atoms with Crippen molar-refractivity contribution in [2.24, 2.45) is 5.92 Å². The minimum Gasteiger partial charge on any atom is -0.381 e. The lowest BCUT2D eigenvalue weighted by atomic mass is 9.89. The molecule has 7 heteroatoms. The summed E-state index contributed by atoms with van der Waals surface area (Å²) in [5, 5.41) is 17.6. The second-order valence-corrected chi connectivity index (χ2v) is 9.96. The lowest BCUT2D eigenvalue weighted by Crippen LogP contribution is -2.36. The van der Waals surface area contributed by atoms with Crippen LogP contribution in [0.15, 0.2) is 48.5 Å². The van der Waals surface area contributed by atoms with Crippen LogP contribution in [0.3, 0.4) is 0 Å². The van der Waals surface area contributed by atoms with E-state index in [9.17, 15) is 4.39 Å². The molecule has 2 aromatic carbocycles. The van der Waals surface area contributed by atoms with Gasteiger partial charge in [-0.3, -0.25) is 0 Å². The maximum atomic E-state index is 14.6. The van der Waals surface area contributed by atoms with Crippen LogP contribution in [0.5, 0.6) is 0 Å². The van der Waals surface area contributed by atoms with Crippen LogP contribution in [-0.4, -0.2) is 42.6 Å². The Bertz CT molecular complexity index is 1220. The Kier molecular flexibility index (Phi) is 7.52. The first kappa shape index (κ1) is 24.3. The number of hydrogen-bond acceptors (Lipinski definition) is 5. The standard InChI is InChI=1S/C29H34FN5O/c1-36-26-12-14-34(15-13-26)24-8-5-9-25(17-24)35-28(22-10-11-23(19-31)27(30)16-22)18-29(33-35)32-20-21-6-3-2-4-7-21/h5,8-11,16-18,21,26H,2-4,6-7,12-15,20H2,1H3,(H,32,33). The van der Waals surface area contributed by atoms with Crippen molar-refractivity contribution in [2.75, 3.05) is 37.0 Å². The highest BCUT2D eigenvalue weighted by molar-refractivity contribution is 5.68. The van der Waals surface area contributed by atoms with Crippen LogP contribution >= 0.6 is 0 Å². The van der Waals surface area contributed by atoms with E-state index in [2.05, 4.69) is 22.3 Å². The molecule has 1 aliphatic heterocycles. The fourth-order valence-electron chi connectivity index (χ4n) is 5.45. The molecule has 0 unspecified atom stereocenters. The molecule has 1 aromatic heterocycles. The number of anilines is 2. The van der Waals surface area contributed by atoms with E-state index in [1.807, 2.05) is 29.0 Å². The van der Waals surface area contributed by atoms with Gasteiger partial charge >= 0.3 is 0 Å². The van der Waals surface area contributed by atoms with Gasteiger partial charge in [-0.2, -0.15) is 5.26 Å². The highest BCUT2D eigenvalue weighted by Crippen LogP contribution is 2.31. The van der Waals surface area contributed by atoms with E-state index in [0.29, 0.717) is 17.6 Å². The number of halogens is 1. The van der Waals surface area contributed by atoms with Crippen LogP contribution in [0.1, 0.15) is 50.5 Å². The van der Waals surface area contributed by atoms with E-state index < -0.39 is 5.82 Å². The number of ether oxygens (including phenoxy) is 1. The van der Waals surface area contributed by atoms with E-state index in [1.165, 1.54) is 44.2 Å². The van der Waals surface area contributed by atoms with E-state index in [0.717, 1.165) is 55.4 Å². The fourth-order valence-corrected chi connectivity index (χ4v) is 5.45. The summed E-state index contributed by atoms with van der Waals surface area (Å²) in [5.41, 5.74) is 3.59. The van der Waals surface area contributed by atoms with Gasteiger partial charge in [-0.1, -0.05) is 31.4 Å². The molecule has 188 valence electrons. The highest BCUT2D eigenvalue weighted by atomic mass is 19.1. The average molecular weight is 488 g/mol. The highest BCUT2D eigenvalue weighted by Gasteiger charge is 2.21. The molecule has 0 atom stereocenters. The Balaban J connectivity index is 1.45. The number of methoxy groups -OCH3 is 1. The van der Waals surface area contributed by atoms with Crippen molar-refractivity contribution in [3.8, 4) is 23.0 Å². The molecule has 1 aliphatic carbocycles. The number of aromatic nitrogens is 2. The molecule has 3 aromatic rings. The summed E-state index contributed by atoms with van der Waals surface area (Å²) in [4.78, 5) is 2.38. The number of benzene rings is 2. The monoisotopic (exact) mass is 487 g/mol. The van der Waals surface area contributed by atoms with E-state index in [1.54, 1.807) is 13.2 Å². The number of nitrogens with zero attached hydrogens (tertiary/aromatic N) is 4. The quantitative estimate of drug-likeness (QED) is 0.433. The molecule has 2 fully saturated rings. The zero-order chi connectivity index (χ0) is 24.9. The van der Waals surface area contributed by atoms with E-state index in [4.69, 9.17) is 15.1 Å². The molecule has 6 nitrogen and oxygen atoms in total. The van der Waals surface area contributed by atoms with Gasteiger partial charge < -0.3 is 15.0 Å². The first-order chi connectivity index (χ1) is 17.6. The molecule has 1 saturated carbocycles. The average Bonchev–Trinajstić information content (AvgIpc) is 3.37. The zero-order valence-electron chi connectivity index (χ0n) is 20.9. The Labute approximate surface area is 212 Å². The Morgan fingerprint density at radius 2 is 1.81 bits per heavy atom. The van der Waals surface area contributed by atoms with E-state index >= 15 is 0 Å². The van der Waals surface area contributed by atoms with E-state index in [-0.39, 0.29) is 5.56 Å². The molecular weight excluding hydrogens is 453 g/mol. The summed E-state index contributed by atoms with van der Waals surface area (Å²) in [7, 11) is 1.78. The SMILES string of the molecule is COC1CCN(c2cccc(-n3nc(NCC4CCCCC4)cc3-c3ccc(C#N)c(F)c3)c2)CC1. The predicted molar refractivity (Wildman–Crippen MR) is 141 cm³/mol. The van der Waals surface area contributed by atoms with Gasteiger partial charge in [-0.15, -0.1) is 5.10 Å². The molecule has 0 amide bonds. The summed E-state index contributed by atoms with van der Waals surface area (Å²) in [5.74, 6) is 0.930. The number of nitrogens with one attached hydrogen (secondary N) is 1. The summed E-state index contributed by atoms with van der Waals surface area (Å²) in [6.45, 7) is 2.79. The van der Waals surface area contributed by atoms with Gasteiger partial charge in [0, 0.05) is 44.1 Å². The first-order valence-electron chi connectivity index (χ1n) is 13.1. The lowest BCUT2D eigenvalue weighted by molar-refractivity contribution is 0.0819. The molecule has 0 bridgehead atoms. The van der Waals surface area contributed by atoms with Gasteiger partial charge in [0.1, 0.15) is 17.7 Å². The largest absolute Gasteiger partial charge is 0.381 e. The topological polar surface area (TPSA) is 66.1 Å². The van der Waals surface area contributed by atoms with Gasteiger partial charge in [-0.05, 0) is 61.9 Å². The second-order valence-electron chi connectivity index (χ2n) is 9.96. The number of rotatable bonds is 7. The van der Waals surface area contributed by atoms with Crippen LogP contribution < -0.4 is 10.2 Å². The van der Waals surface area contributed by atoms with Gasteiger partial charge in [0.15, 0.2) is 0 Å². The maximum absolute atomic E-state index is 14.6. The molecule has 2 aliphatic rings. The molecule has 1 saturated heterocycles. The molecule has 5 rings (SSSR count). The number of piperidine rings is 1. The van der Waals surface area contributed by atoms with Gasteiger partial charge in [-0.25, -0.2) is 9.07 Å². The van der Waals surface area contributed by atoms with Gasteiger partial charge in [0.25, 0.3) is 0 Å².